The SMILES string of the molecule is CC(c1ccccc1)n1nnc(CO)c1-c1cccnc1. The molecule has 1 atom stereocenters. The van der Waals surface area contributed by atoms with E-state index in [1.165, 1.54) is 0 Å². The molecule has 0 fully saturated rings. The van der Waals surface area contributed by atoms with Gasteiger partial charge in [-0.2, -0.15) is 0 Å². The maximum absolute atomic E-state index is 9.51. The zero-order valence-corrected chi connectivity index (χ0v) is 11.7. The van der Waals surface area contributed by atoms with Crippen LogP contribution in [0, 0.1) is 0 Å². The fraction of sp³-hybridized carbons (Fsp3) is 0.188. The Morgan fingerprint density at radius 2 is 1.95 bits per heavy atom. The number of benzene rings is 1. The Balaban J connectivity index is 2.10. The van der Waals surface area contributed by atoms with E-state index in [4.69, 9.17) is 0 Å². The minimum Gasteiger partial charge on any atom is -0.390 e. The van der Waals surface area contributed by atoms with Crippen molar-refractivity contribution in [1.82, 2.24) is 20.0 Å². The molecule has 0 aliphatic heterocycles. The first kappa shape index (κ1) is 13.5. The predicted octanol–water partition coefficient (Wildman–Crippen LogP) is 2.44. The maximum Gasteiger partial charge on any atom is 0.116 e. The summed E-state index contributed by atoms with van der Waals surface area (Å²) in [6.45, 7) is 1.91. The van der Waals surface area contributed by atoms with Crippen LogP contribution < -0.4 is 0 Å². The van der Waals surface area contributed by atoms with E-state index in [2.05, 4.69) is 34.4 Å². The summed E-state index contributed by atoms with van der Waals surface area (Å²) in [7, 11) is 0. The molecule has 0 bridgehead atoms. The molecule has 0 aliphatic rings. The summed E-state index contributed by atoms with van der Waals surface area (Å²) < 4.78 is 1.83. The van der Waals surface area contributed by atoms with E-state index in [1.54, 1.807) is 12.4 Å². The van der Waals surface area contributed by atoms with Gasteiger partial charge in [-0.1, -0.05) is 35.5 Å². The zero-order chi connectivity index (χ0) is 14.7. The molecule has 0 spiro atoms. The Bertz CT molecular complexity index is 710. The Morgan fingerprint density at radius 1 is 1.14 bits per heavy atom. The second-order valence-corrected chi connectivity index (χ2v) is 4.82. The lowest BCUT2D eigenvalue weighted by Crippen LogP contribution is -2.10. The number of pyridine rings is 1. The minimum atomic E-state index is -0.147. The average molecular weight is 280 g/mol. The van der Waals surface area contributed by atoms with Gasteiger partial charge in [0.2, 0.25) is 0 Å². The smallest absolute Gasteiger partial charge is 0.116 e. The van der Waals surface area contributed by atoms with Crippen molar-refractivity contribution in [2.75, 3.05) is 0 Å². The molecule has 1 aromatic carbocycles. The molecule has 0 aliphatic carbocycles. The number of rotatable bonds is 4. The molecule has 5 nitrogen and oxygen atoms in total. The molecule has 0 saturated carbocycles. The zero-order valence-electron chi connectivity index (χ0n) is 11.7. The van der Waals surface area contributed by atoms with Gasteiger partial charge >= 0.3 is 0 Å². The highest BCUT2D eigenvalue weighted by Gasteiger charge is 2.19. The summed E-state index contributed by atoms with van der Waals surface area (Å²) >= 11 is 0. The number of aromatic nitrogens is 4. The van der Waals surface area contributed by atoms with E-state index < -0.39 is 0 Å². The Hall–Kier alpha value is -2.53. The van der Waals surface area contributed by atoms with Crippen molar-refractivity contribution in [3.05, 3.63) is 66.1 Å². The number of aliphatic hydroxyl groups is 1. The van der Waals surface area contributed by atoms with Gasteiger partial charge in [0.1, 0.15) is 5.69 Å². The first-order chi connectivity index (χ1) is 10.3. The van der Waals surface area contributed by atoms with Gasteiger partial charge in [0.25, 0.3) is 0 Å². The number of hydrogen-bond donors (Lipinski definition) is 1. The number of hydrogen-bond acceptors (Lipinski definition) is 4. The molecule has 0 radical (unpaired) electrons. The van der Waals surface area contributed by atoms with E-state index in [0.29, 0.717) is 5.69 Å². The Morgan fingerprint density at radius 3 is 2.62 bits per heavy atom. The molecule has 2 heterocycles. The summed E-state index contributed by atoms with van der Waals surface area (Å²) in [5, 5.41) is 17.8. The summed E-state index contributed by atoms with van der Waals surface area (Å²) in [6, 6.07) is 13.9. The van der Waals surface area contributed by atoms with Gasteiger partial charge in [-0.15, -0.1) is 5.10 Å². The fourth-order valence-electron chi connectivity index (χ4n) is 2.38. The van der Waals surface area contributed by atoms with E-state index in [0.717, 1.165) is 16.8 Å². The van der Waals surface area contributed by atoms with Crippen LogP contribution in [0.15, 0.2) is 54.9 Å². The number of aliphatic hydroxyl groups excluding tert-OH is 1. The molecular formula is C16H16N4O. The molecule has 1 N–H and O–H groups in total. The molecule has 21 heavy (non-hydrogen) atoms. The van der Waals surface area contributed by atoms with Crippen LogP contribution in [0.1, 0.15) is 24.2 Å². The molecule has 3 rings (SSSR count). The van der Waals surface area contributed by atoms with Crippen LogP contribution in [0.3, 0.4) is 0 Å². The summed E-state index contributed by atoms with van der Waals surface area (Å²) in [4.78, 5) is 4.14. The van der Waals surface area contributed by atoms with Crippen molar-refractivity contribution in [3.8, 4) is 11.3 Å². The largest absolute Gasteiger partial charge is 0.390 e. The molecule has 0 amide bonds. The predicted molar refractivity (Wildman–Crippen MR) is 79.4 cm³/mol. The van der Waals surface area contributed by atoms with Gasteiger partial charge in [-0.25, -0.2) is 4.68 Å². The highest BCUT2D eigenvalue weighted by Crippen LogP contribution is 2.27. The van der Waals surface area contributed by atoms with Gasteiger partial charge in [0, 0.05) is 18.0 Å². The first-order valence-corrected chi connectivity index (χ1v) is 6.81. The Labute approximate surface area is 122 Å². The highest BCUT2D eigenvalue weighted by molar-refractivity contribution is 5.60. The van der Waals surface area contributed by atoms with Crippen LogP contribution in [0.2, 0.25) is 0 Å². The van der Waals surface area contributed by atoms with Crippen LogP contribution in [0.25, 0.3) is 11.3 Å². The third kappa shape index (κ3) is 2.55. The van der Waals surface area contributed by atoms with Crippen molar-refractivity contribution in [1.29, 1.82) is 0 Å². The average Bonchev–Trinajstić information content (AvgIpc) is 2.99. The van der Waals surface area contributed by atoms with Crippen molar-refractivity contribution in [3.63, 3.8) is 0 Å². The summed E-state index contributed by atoms with van der Waals surface area (Å²) in [5.74, 6) is 0. The quantitative estimate of drug-likeness (QED) is 0.797. The van der Waals surface area contributed by atoms with Crippen LogP contribution in [-0.2, 0) is 6.61 Å². The Kier molecular flexibility index (Phi) is 3.75. The lowest BCUT2D eigenvalue weighted by atomic mass is 10.1. The summed E-state index contributed by atoms with van der Waals surface area (Å²) in [6.07, 6.45) is 3.48. The normalized spacial score (nSPS) is 12.3. The van der Waals surface area contributed by atoms with Gasteiger partial charge in [-0.3, -0.25) is 4.98 Å². The molecule has 5 heteroatoms. The molecule has 1 unspecified atom stereocenters. The van der Waals surface area contributed by atoms with Gasteiger partial charge in [-0.05, 0) is 24.6 Å². The van der Waals surface area contributed by atoms with Gasteiger partial charge in [0.05, 0.1) is 18.3 Å². The second-order valence-electron chi connectivity index (χ2n) is 4.82. The second kappa shape index (κ2) is 5.85. The maximum atomic E-state index is 9.51. The van der Waals surface area contributed by atoms with Crippen LogP contribution >= 0.6 is 0 Å². The number of nitrogens with zero attached hydrogens (tertiary/aromatic N) is 4. The molecule has 3 aromatic rings. The fourth-order valence-corrected chi connectivity index (χ4v) is 2.38. The van der Waals surface area contributed by atoms with Crippen LogP contribution in [0.5, 0.6) is 0 Å². The standard InChI is InChI=1S/C16H16N4O/c1-12(13-6-3-2-4-7-13)20-16(15(11-21)18-19-20)14-8-5-9-17-10-14/h2-10,12,21H,11H2,1H3. The topological polar surface area (TPSA) is 63.8 Å². The van der Waals surface area contributed by atoms with Crippen molar-refractivity contribution in [2.45, 2.75) is 19.6 Å². The van der Waals surface area contributed by atoms with Crippen molar-refractivity contribution >= 4 is 0 Å². The van der Waals surface area contributed by atoms with Crippen LogP contribution in [-0.4, -0.2) is 25.1 Å². The lowest BCUT2D eigenvalue weighted by Gasteiger charge is -2.15. The molecular weight excluding hydrogens is 264 g/mol. The monoisotopic (exact) mass is 280 g/mol. The van der Waals surface area contributed by atoms with Gasteiger partial charge in [0.15, 0.2) is 0 Å². The van der Waals surface area contributed by atoms with E-state index in [-0.39, 0.29) is 12.6 Å². The van der Waals surface area contributed by atoms with Crippen molar-refractivity contribution in [2.24, 2.45) is 0 Å². The summed E-state index contributed by atoms with van der Waals surface area (Å²) in [5.41, 5.74) is 3.40. The van der Waals surface area contributed by atoms with Crippen molar-refractivity contribution < 1.29 is 5.11 Å². The van der Waals surface area contributed by atoms with E-state index in [1.807, 2.05) is 35.0 Å². The van der Waals surface area contributed by atoms with Crippen LogP contribution in [0.4, 0.5) is 0 Å². The molecule has 0 saturated heterocycles. The third-order valence-electron chi connectivity index (χ3n) is 3.50. The van der Waals surface area contributed by atoms with E-state index in [9.17, 15) is 5.11 Å². The van der Waals surface area contributed by atoms with Gasteiger partial charge < -0.3 is 5.11 Å². The highest BCUT2D eigenvalue weighted by atomic mass is 16.3. The minimum absolute atomic E-state index is 0.0224. The molecule has 106 valence electrons. The lowest BCUT2D eigenvalue weighted by molar-refractivity contribution is 0.277. The van der Waals surface area contributed by atoms with E-state index >= 15 is 0 Å². The third-order valence-corrected chi connectivity index (χ3v) is 3.50. The molecule has 2 aromatic heterocycles. The first-order valence-electron chi connectivity index (χ1n) is 6.81.